The number of nitrogens with zero attached hydrogens (tertiary/aromatic N) is 3. The molecule has 1 rings (SSSR count). The van der Waals surface area contributed by atoms with Crippen LogP contribution in [0.15, 0.2) is 23.2 Å². The van der Waals surface area contributed by atoms with Crippen LogP contribution < -0.4 is 4.74 Å². The zero-order valence-corrected chi connectivity index (χ0v) is 14.7. The molecule has 0 atom stereocenters. The lowest BCUT2D eigenvalue weighted by Gasteiger charge is -2.25. The highest BCUT2D eigenvalue weighted by Crippen LogP contribution is 2.25. The quantitative estimate of drug-likeness (QED) is 0.632. The van der Waals surface area contributed by atoms with Gasteiger partial charge in [0.1, 0.15) is 11.4 Å². The number of rotatable bonds is 3. The molecule has 0 radical (unpaired) electrons. The Morgan fingerprint density at radius 1 is 1.10 bits per heavy atom. The highest BCUT2D eigenvalue weighted by Gasteiger charge is 2.15. The van der Waals surface area contributed by atoms with E-state index in [1.54, 1.807) is 0 Å². The summed E-state index contributed by atoms with van der Waals surface area (Å²) in [6.45, 7) is 8.87. The number of aliphatic imine (C=N–C) groups is 1. The maximum Gasteiger partial charge on any atom is 0.195 e. The van der Waals surface area contributed by atoms with Crippen LogP contribution in [0.2, 0.25) is 0 Å². The van der Waals surface area contributed by atoms with Gasteiger partial charge in [-0.2, -0.15) is 0 Å². The van der Waals surface area contributed by atoms with Gasteiger partial charge >= 0.3 is 0 Å². The smallest absolute Gasteiger partial charge is 0.195 e. The summed E-state index contributed by atoms with van der Waals surface area (Å²) in [5.41, 5.74) is 2.09. The third-order valence-corrected chi connectivity index (χ3v) is 2.83. The van der Waals surface area contributed by atoms with Crippen molar-refractivity contribution in [2.75, 3.05) is 28.2 Å². The Morgan fingerprint density at radius 3 is 2.14 bits per heavy atom. The topological polar surface area (TPSA) is 28.1 Å². The van der Waals surface area contributed by atoms with Gasteiger partial charge in [0.25, 0.3) is 0 Å². The van der Waals surface area contributed by atoms with E-state index < -0.39 is 0 Å². The lowest BCUT2D eigenvalue weighted by molar-refractivity contribution is 0.129. The molecule has 0 aliphatic rings. The Balaban J connectivity index is 3.05. The van der Waals surface area contributed by atoms with E-state index in [0.717, 1.165) is 17.3 Å². The molecule has 0 fully saturated rings. The summed E-state index contributed by atoms with van der Waals surface area (Å²) in [4.78, 5) is 8.73. The van der Waals surface area contributed by atoms with Crippen molar-refractivity contribution in [1.29, 1.82) is 0 Å². The molecule has 0 bridgehead atoms. The first-order valence-corrected chi connectivity index (χ1v) is 7.28. The van der Waals surface area contributed by atoms with Gasteiger partial charge in [-0.15, -0.1) is 0 Å². The normalized spacial score (nSPS) is 11.0. The Hall–Kier alpha value is -1.71. The van der Waals surface area contributed by atoms with E-state index in [0.29, 0.717) is 6.54 Å². The summed E-state index contributed by atoms with van der Waals surface area (Å²) in [6.07, 6.45) is 0. The maximum absolute atomic E-state index is 6.07. The number of hydrogen-bond donors (Lipinski definition) is 0. The molecule has 0 heterocycles. The number of aryl methyl sites for hydroxylation is 1. The fourth-order valence-electron chi connectivity index (χ4n) is 2.06. The molecule has 118 valence electrons. The third-order valence-electron chi connectivity index (χ3n) is 2.83. The predicted molar refractivity (Wildman–Crippen MR) is 90.1 cm³/mol. The molecule has 1 aromatic rings. The van der Waals surface area contributed by atoms with Gasteiger partial charge < -0.3 is 14.5 Å². The van der Waals surface area contributed by atoms with Gasteiger partial charge in [-0.3, -0.25) is 0 Å². The van der Waals surface area contributed by atoms with Crippen LogP contribution in [0.1, 0.15) is 31.9 Å². The van der Waals surface area contributed by atoms with Gasteiger partial charge in [0.05, 0.1) is 6.54 Å². The van der Waals surface area contributed by atoms with Gasteiger partial charge in [-0.05, 0) is 39.3 Å². The van der Waals surface area contributed by atoms with E-state index in [4.69, 9.17) is 9.73 Å². The zero-order chi connectivity index (χ0) is 16.2. The summed E-state index contributed by atoms with van der Waals surface area (Å²) >= 11 is 0. The Bertz CT molecular complexity index is 489. The second-order valence-electron chi connectivity index (χ2n) is 6.73. The van der Waals surface area contributed by atoms with E-state index in [1.165, 1.54) is 5.56 Å². The lowest BCUT2D eigenvalue weighted by atomic mass is 10.1. The first kappa shape index (κ1) is 17.3. The molecule has 0 aromatic heterocycles. The van der Waals surface area contributed by atoms with Gasteiger partial charge in [0.15, 0.2) is 5.96 Å². The summed E-state index contributed by atoms with van der Waals surface area (Å²) in [5.74, 6) is 1.86. The fraction of sp³-hybridized carbons (Fsp3) is 0.588. The Labute approximate surface area is 129 Å². The fourth-order valence-corrected chi connectivity index (χ4v) is 2.06. The highest BCUT2D eigenvalue weighted by molar-refractivity contribution is 5.79. The standard InChI is InChI=1S/C17H29N3O/c1-13-9-10-14(15(11-13)21-17(2,3)4)12-18-16(19(5)6)20(7)8/h9-11H,12H2,1-8H3. The van der Waals surface area contributed by atoms with Crippen molar-refractivity contribution >= 4 is 5.96 Å². The predicted octanol–water partition coefficient (Wildman–Crippen LogP) is 3.15. The summed E-state index contributed by atoms with van der Waals surface area (Å²) in [6, 6.07) is 6.29. The largest absolute Gasteiger partial charge is 0.488 e. The first-order valence-electron chi connectivity index (χ1n) is 7.28. The minimum Gasteiger partial charge on any atom is -0.488 e. The van der Waals surface area contributed by atoms with E-state index in [-0.39, 0.29) is 5.60 Å². The number of guanidine groups is 1. The van der Waals surface area contributed by atoms with Crippen molar-refractivity contribution in [1.82, 2.24) is 9.80 Å². The van der Waals surface area contributed by atoms with Crippen LogP contribution in [0.3, 0.4) is 0 Å². The monoisotopic (exact) mass is 291 g/mol. The van der Waals surface area contributed by atoms with Gasteiger partial charge in [0.2, 0.25) is 0 Å². The van der Waals surface area contributed by atoms with E-state index in [9.17, 15) is 0 Å². The molecule has 0 unspecified atom stereocenters. The lowest BCUT2D eigenvalue weighted by Crippen LogP contribution is -2.35. The number of benzene rings is 1. The second-order valence-corrected chi connectivity index (χ2v) is 6.73. The minimum absolute atomic E-state index is 0.210. The molecule has 0 saturated carbocycles. The Morgan fingerprint density at radius 2 is 1.67 bits per heavy atom. The summed E-state index contributed by atoms with van der Waals surface area (Å²) < 4.78 is 6.07. The van der Waals surface area contributed by atoms with Crippen molar-refractivity contribution in [2.24, 2.45) is 4.99 Å². The maximum atomic E-state index is 6.07. The molecule has 21 heavy (non-hydrogen) atoms. The molecule has 1 aromatic carbocycles. The Kier molecular flexibility index (Phi) is 5.64. The summed E-state index contributed by atoms with van der Waals surface area (Å²) in [7, 11) is 8.00. The van der Waals surface area contributed by atoms with Crippen molar-refractivity contribution in [3.05, 3.63) is 29.3 Å². The van der Waals surface area contributed by atoms with Crippen LogP contribution in [0, 0.1) is 6.92 Å². The number of ether oxygens (including phenoxy) is 1. The third kappa shape index (κ3) is 5.66. The molecule has 0 N–H and O–H groups in total. The molecule has 0 amide bonds. The molecule has 0 aliphatic carbocycles. The minimum atomic E-state index is -0.210. The molecule has 4 heteroatoms. The summed E-state index contributed by atoms with van der Waals surface area (Å²) in [5, 5.41) is 0. The van der Waals surface area contributed by atoms with Crippen molar-refractivity contribution < 1.29 is 4.74 Å². The molecular formula is C17H29N3O. The first-order chi connectivity index (χ1) is 9.60. The van der Waals surface area contributed by atoms with Crippen molar-refractivity contribution in [3.8, 4) is 5.75 Å². The average Bonchev–Trinajstić information content (AvgIpc) is 2.28. The highest BCUT2D eigenvalue weighted by atomic mass is 16.5. The van der Waals surface area contributed by atoms with E-state index in [1.807, 2.05) is 38.0 Å². The van der Waals surface area contributed by atoms with Crippen LogP contribution in [-0.2, 0) is 6.54 Å². The molecule has 4 nitrogen and oxygen atoms in total. The van der Waals surface area contributed by atoms with E-state index >= 15 is 0 Å². The van der Waals surface area contributed by atoms with Crippen LogP contribution in [0.5, 0.6) is 5.75 Å². The molecule has 0 spiro atoms. The average molecular weight is 291 g/mol. The second kappa shape index (κ2) is 6.83. The SMILES string of the molecule is Cc1ccc(CN=C(N(C)C)N(C)C)c(OC(C)(C)C)c1. The van der Waals surface area contributed by atoms with Gasteiger partial charge in [-0.25, -0.2) is 4.99 Å². The zero-order valence-electron chi connectivity index (χ0n) is 14.7. The van der Waals surface area contributed by atoms with Crippen LogP contribution >= 0.6 is 0 Å². The van der Waals surface area contributed by atoms with Crippen LogP contribution in [0.4, 0.5) is 0 Å². The molecular weight excluding hydrogens is 262 g/mol. The van der Waals surface area contributed by atoms with Crippen LogP contribution in [-0.4, -0.2) is 49.6 Å². The van der Waals surface area contributed by atoms with Crippen molar-refractivity contribution in [3.63, 3.8) is 0 Å². The molecule has 0 aliphatic heterocycles. The van der Waals surface area contributed by atoms with E-state index in [2.05, 4.69) is 45.9 Å². The van der Waals surface area contributed by atoms with Gasteiger partial charge in [0, 0.05) is 33.8 Å². The number of hydrogen-bond acceptors (Lipinski definition) is 2. The van der Waals surface area contributed by atoms with Crippen molar-refractivity contribution in [2.45, 2.75) is 39.8 Å². The molecule has 0 saturated heterocycles. The van der Waals surface area contributed by atoms with Crippen LogP contribution in [0.25, 0.3) is 0 Å². The van der Waals surface area contributed by atoms with Gasteiger partial charge in [-0.1, -0.05) is 12.1 Å².